The van der Waals surface area contributed by atoms with Gasteiger partial charge in [-0.15, -0.1) is 0 Å². The van der Waals surface area contributed by atoms with Crippen molar-refractivity contribution in [1.82, 2.24) is 24.4 Å². The lowest BCUT2D eigenvalue weighted by atomic mass is 9.90. The molecule has 1 saturated heterocycles. The Morgan fingerprint density at radius 3 is 3.07 bits per heavy atom. The minimum Gasteiger partial charge on any atom is -0.346 e. The lowest BCUT2D eigenvalue weighted by molar-refractivity contribution is 0.0707. The molecule has 1 aromatic carbocycles. The van der Waals surface area contributed by atoms with Crippen molar-refractivity contribution in [3.05, 3.63) is 64.3 Å². The summed E-state index contributed by atoms with van der Waals surface area (Å²) in [5.41, 5.74) is 4.03. The molecule has 2 N–H and O–H groups in total. The lowest BCUT2D eigenvalue weighted by Gasteiger charge is -2.33. The van der Waals surface area contributed by atoms with E-state index < -0.39 is 0 Å². The average Bonchev–Trinajstić information content (AvgIpc) is 3.28. The van der Waals surface area contributed by atoms with Crippen molar-refractivity contribution in [3.8, 4) is 0 Å². The van der Waals surface area contributed by atoms with Crippen LogP contribution in [0.5, 0.6) is 0 Å². The first-order chi connectivity index (χ1) is 13.6. The maximum atomic E-state index is 13.1. The molecule has 4 heterocycles. The highest BCUT2D eigenvalue weighted by Gasteiger charge is 2.27. The van der Waals surface area contributed by atoms with Crippen LogP contribution < -0.4 is 5.69 Å². The van der Waals surface area contributed by atoms with E-state index in [2.05, 4.69) is 21.0 Å². The second-order valence-electron chi connectivity index (χ2n) is 7.46. The minimum atomic E-state index is -0.175. The van der Waals surface area contributed by atoms with Crippen molar-refractivity contribution in [2.45, 2.75) is 18.8 Å². The third-order valence-electron chi connectivity index (χ3n) is 5.78. The van der Waals surface area contributed by atoms with Gasteiger partial charge < -0.3 is 14.9 Å². The summed E-state index contributed by atoms with van der Waals surface area (Å²) in [6, 6.07) is 9.43. The molecule has 7 nitrogen and oxygen atoms in total. The van der Waals surface area contributed by atoms with Gasteiger partial charge >= 0.3 is 5.69 Å². The number of aryl methyl sites for hydroxylation is 1. The number of carbonyl (C=O) groups is 1. The molecule has 3 aromatic heterocycles. The largest absolute Gasteiger partial charge is 0.346 e. The molecule has 4 aromatic rings. The molecule has 142 valence electrons. The quantitative estimate of drug-likeness (QED) is 0.565. The Morgan fingerprint density at radius 2 is 2.18 bits per heavy atom. The number of nitrogens with one attached hydrogen (secondary N) is 2. The molecule has 0 radical (unpaired) electrons. The Bertz CT molecular complexity index is 1250. The molecule has 7 heteroatoms. The molecule has 1 unspecified atom stereocenters. The number of amides is 1. The molecule has 5 rings (SSSR count). The highest BCUT2D eigenvalue weighted by atomic mass is 16.2. The topological polar surface area (TPSA) is 86.8 Å². The van der Waals surface area contributed by atoms with Crippen LogP contribution in [0.1, 0.15) is 34.7 Å². The van der Waals surface area contributed by atoms with Crippen LogP contribution in [-0.2, 0) is 7.05 Å². The molecule has 0 spiro atoms. The van der Waals surface area contributed by atoms with Crippen molar-refractivity contribution in [3.63, 3.8) is 0 Å². The molecule has 1 aliphatic rings. The first kappa shape index (κ1) is 16.8. The predicted octanol–water partition coefficient (Wildman–Crippen LogP) is 2.76. The minimum absolute atomic E-state index is 0.00858. The van der Waals surface area contributed by atoms with Crippen LogP contribution >= 0.6 is 0 Å². The Kier molecular flexibility index (Phi) is 3.82. The van der Waals surface area contributed by atoms with Gasteiger partial charge in [-0.05, 0) is 48.7 Å². The number of rotatable bonds is 2. The smallest absolute Gasteiger partial charge is 0.326 e. The van der Waals surface area contributed by atoms with Gasteiger partial charge in [0.15, 0.2) is 0 Å². The Morgan fingerprint density at radius 1 is 1.29 bits per heavy atom. The van der Waals surface area contributed by atoms with Crippen molar-refractivity contribution >= 4 is 28.0 Å². The second kappa shape index (κ2) is 6.37. The van der Waals surface area contributed by atoms with Crippen LogP contribution in [0, 0.1) is 0 Å². The summed E-state index contributed by atoms with van der Waals surface area (Å²) in [6.07, 6.45) is 5.82. The van der Waals surface area contributed by atoms with E-state index in [-0.39, 0.29) is 17.5 Å². The number of carbonyl (C=O) groups excluding carboxylic acids is 1. The van der Waals surface area contributed by atoms with Gasteiger partial charge in [-0.3, -0.25) is 9.36 Å². The van der Waals surface area contributed by atoms with Crippen molar-refractivity contribution in [2.75, 3.05) is 13.1 Å². The van der Waals surface area contributed by atoms with Gasteiger partial charge in [-0.25, -0.2) is 9.78 Å². The van der Waals surface area contributed by atoms with E-state index in [0.29, 0.717) is 17.6 Å². The van der Waals surface area contributed by atoms with E-state index in [9.17, 15) is 9.59 Å². The molecule has 1 aliphatic heterocycles. The van der Waals surface area contributed by atoms with E-state index >= 15 is 0 Å². The van der Waals surface area contributed by atoms with Crippen LogP contribution in [0.4, 0.5) is 0 Å². The van der Waals surface area contributed by atoms with Gasteiger partial charge in [0.2, 0.25) is 0 Å². The number of piperidine rings is 1. The number of aromatic amines is 2. The molecule has 1 amide bonds. The van der Waals surface area contributed by atoms with Gasteiger partial charge in [0.25, 0.3) is 5.91 Å². The summed E-state index contributed by atoms with van der Waals surface area (Å²) >= 11 is 0. The van der Waals surface area contributed by atoms with E-state index in [1.54, 1.807) is 29.9 Å². The fourth-order valence-electron chi connectivity index (χ4n) is 4.28. The first-order valence-electron chi connectivity index (χ1n) is 9.52. The summed E-state index contributed by atoms with van der Waals surface area (Å²) in [7, 11) is 1.72. The van der Waals surface area contributed by atoms with Crippen LogP contribution in [0.15, 0.2) is 47.5 Å². The number of hydrogen-bond donors (Lipinski definition) is 2. The Labute approximate surface area is 161 Å². The van der Waals surface area contributed by atoms with Crippen molar-refractivity contribution < 1.29 is 4.79 Å². The zero-order valence-electron chi connectivity index (χ0n) is 15.6. The number of imidazole rings is 1. The van der Waals surface area contributed by atoms with Gasteiger partial charge in [-0.1, -0.05) is 0 Å². The summed E-state index contributed by atoms with van der Waals surface area (Å²) < 4.78 is 1.55. The molecule has 0 saturated carbocycles. The summed E-state index contributed by atoms with van der Waals surface area (Å²) in [5.74, 6) is 0.296. The summed E-state index contributed by atoms with van der Waals surface area (Å²) in [4.78, 5) is 37.3. The normalized spacial score (nSPS) is 17.5. The Balaban J connectivity index is 1.43. The number of fused-ring (bicyclic) bond motifs is 2. The zero-order valence-corrected chi connectivity index (χ0v) is 15.6. The number of likely N-dealkylation sites (tertiary alicyclic amines) is 1. The number of benzene rings is 1. The lowest BCUT2D eigenvalue weighted by Crippen LogP contribution is -2.39. The van der Waals surface area contributed by atoms with Gasteiger partial charge in [0.1, 0.15) is 5.65 Å². The average molecular weight is 375 g/mol. The maximum Gasteiger partial charge on any atom is 0.326 e. The Hall–Kier alpha value is -3.35. The number of nitrogens with zero attached hydrogens (tertiary/aromatic N) is 3. The second-order valence-corrected chi connectivity index (χ2v) is 7.46. The van der Waals surface area contributed by atoms with Gasteiger partial charge in [-0.2, -0.15) is 0 Å². The monoisotopic (exact) mass is 375 g/mol. The highest BCUT2D eigenvalue weighted by molar-refractivity contribution is 5.97. The van der Waals surface area contributed by atoms with Crippen LogP contribution in [0.3, 0.4) is 0 Å². The van der Waals surface area contributed by atoms with Gasteiger partial charge in [0, 0.05) is 49.4 Å². The molecule has 1 atom stereocenters. The highest BCUT2D eigenvalue weighted by Crippen LogP contribution is 2.32. The van der Waals surface area contributed by atoms with Crippen molar-refractivity contribution in [2.24, 2.45) is 7.05 Å². The number of hydrogen-bond acceptors (Lipinski definition) is 3. The van der Waals surface area contributed by atoms with Crippen LogP contribution in [0.2, 0.25) is 0 Å². The molecule has 0 aliphatic carbocycles. The summed E-state index contributed by atoms with van der Waals surface area (Å²) in [6.45, 7) is 1.43. The van der Waals surface area contributed by atoms with E-state index in [1.807, 2.05) is 23.2 Å². The van der Waals surface area contributed by atoms with E-state index in [0.717, 1.165) is 35.9 Å². The van der Waals surface area contributed by atoms with E-state index in [1.165, 1.54) is 5.56 Å². The SMILES string of the molecule is Cn1c(=O)[nH]c2cc(C(=O)N3CCCC(c4c[nH]c5ncccc45)C3)ccc21. The fraction of sp³-hybridized carbons (Fsp3) is 0.286. The molecule has 28 heavy (non-hydrogen) atoms. The number of pyridine rings is 1. The fourth-order valence-corrected chi connectivity index (χ4v) is 4.28. The number of aromatic nitrogens is 4. The van der Waals surface area contributed by atoms with E-state index in [4.69, 9.17) is 0 Å². The maximum absolute atomic E-state index is 13.1. The van der Waals surface area contributed by atoms with Crippen LogP contribution in [-0.4, -0.2) is 43.4 Å². The molecular formula is C21H21N5O2. The predicted molar refractivity (Wildman–Crippen MR) is 108 cm³/mol. The first-order valence-corrected chi connectivity index (χ1v) is 9.52. The van der Waals surface area contributed by atoms with Gasteiger partial charge in [0.05, 0.1) is 11.0 Å². The zero-order chi connectivity index (χ0) is 19.3. The van der Waals surface area contributed by atoms with Crippen molar-refractivity contribution in [1.29, 1.82) is 0 Å². The van der Waals surface area contributed by atoms with Crippen LogP contribution in [0.25, 0.3) is 22.1 Å². The third-order valence-corrected chi connectivity index (χ3v) is 5.78. The standard InChI is InChI=1S/C21H21N5O2/c1-25-18-7-6-13(10-17(18)24-21(25)28)20(27)26-9-3-4-14(12-26)16-11-23-19-15(16)5-2-8-22-19/h2,5-8,10-11,14H,3-4,9,12H2,1H3,(H,22,23)(H,24,28). The number of H-pyrrole nitrogens is 2. The third kappa shape index (κ3) is 2.62. The molecule has 0 bridgehead atoms. The molecular weight excluding hydrogens is 354 g/mol. The molecule has 1 fully saturated rings. The summed E-state index contributed by atoms with van der Waals surface area (Å²) in [5, 5.41) is 1.13.